The number of nitrogens with zero attached hydrogens (tertiary/aromatic N) is 4. The third-order valence-corrected chi connectivity index (χ3v) is 7.66. The largest absolute Gasteiger partial charge is 0.361 e. The lowest BCUT2D eigenvalue weighted by Gasteiger charge is -1.97. The quantitative estimate of drug-likeness (QED) is 0.178. The Labute approximate surface area is 387 Å². The molecule has 9 rings (SSSR count). The van der Waals surface area contributed by atoms with Crippen molar-refractivity contribution in [3.63, 3.8) is 0 Å². The Bertz CT molecular complexity index is 1960. The summed E-state index contributed by atoms with van der Waals surface area (Å²) >= 11 is 1.71. The number of aromatic amines is 1. The standard InChI is InChI=1S/C10H8N2.C9H7N.C9H12.C8H7N.C5H5N.C4H4S.6C2H6/c1-5-11-6-2-9(1)10-3-7-12-8-4-10;1-2-6-9-8(4-1)5-3-7-10-9;1-7-4-8(2)6-9(3)5-7;1-2-4-8-7(3-1)5-6-9-8;1-2-4-6-5-3-1;1-2-4-5-3-1;6*1-2/h1-8H;1-7H;4-6H,1-3H3;1-6,9H;1-5H;1-4H;6*1-2H3. The van der Waals surface area contributed by atoms with E-state index in [2.05, 4.69) is 94.2 Å². The van der Waals surface area contributed by atoms with Crippen molar-refractivity contribution in [3.8, 4) is 11.1 Å². The highest BCUT2D eigenvalue weighted by Gasteiger charge is 1.93. The van der Waals surface area contributed by atoms with Crippen LogP contribution in [0.4, 0.5) is 0 Å². The Morgan fingerprint density at radius 2 is 0.778 bits per heavy atom. The number of hydrogen-bond donors (Lipinski definition) is 1. The van der Waals surface area contributed by atoms with Crippen molar-refractivity contribution >= 4 is 33.1 Å². The molecule has 0 aliphatic heterocycles. The number of aromatic nitrogens is 5. The fourth-order valence-electron chi connectivity index (χ4n) is 4.84. The van der Waals surface area contributed by atoms with Crippen molar-refractivity contribution in [2.45, 2.75) is 104 Å². The summed E-state index contributed by atoms with van der Waals surface area (Å²) in [6.07, 6.45) is 14.4. The number of aryl methyl sites for hydroxylation is 3. The van der Waals surface area contributed by atoms with Crippen LogP contribution in [0.1, 0.15) is 99.8 Å². The monoisotopic (exact) mass is 866 g/mol. The second-order valence-electron chi connectivity index (χ2n) is 11.2. The van der Waals surface area contributed by atoms with Crippen LogP contribution in [0, 0.1) is 20.8 Å². The van der Waals surface area contributed by atoms with Gasteiger partial charge in [0.2, 0.25) is 0 Å². The Hall–Kier alpha value is -6.24. The predicted octanol–water partition coefficient (Wildman–Crippen LogP) is 18.1. The van der Waals surface area contributed by atoms with Crippen molar-refractivity contribution in [1.29, 1.82) is 0 Å². The molecule has 0 bridgehead atoms. The molecule has 6 heterocycles. The van der Waals surface area contributed by atoms with Crippen LogP contribution in [0.5, 0.6) is 0 Å². The molecular weight excluding hydrogens is 787 g/mol. The number of para-hydroxylation sites is 2. The molecule has 0 aliphatic rings. The normalized spacial score (nSPS) is 8.24. The van der Waals surface area contributed by atoms with E-state index in [-0.39, 0.29) is 0 Å². The molecule has 0 radical (unpaired) electrons. The minimum Gasteiger partial charge on any atom is -0.361 e. The minimum absolute atomic E-state index is 1.06. The topological polar surface area (TPSA) is 67.3 Å². The molecule has 0 saturated carbocycles. The number of thiophene rings is 1. The summed E-state index contributed by atoms with van der Waals surface area (Å²) < 4.78 is 0. The third kappa shape index (κ3) is 31.3. The van der Waals surface area contributed by atoms with E-state index in [1.165, 1.54) is 44.1 Å². The van der Waals surface area contributed by atoms with Gasteiger partial charge in [-0.1, -0.05) is 179 Å². The van der Waals surface area contributed by atoms with Crippen LogP contribution < -0.4 is 0 Å². The lowest BCUT2D eigenvalue weighted by atomic mass is 10.1. The van der Waals surface area contributed by atoms with Gasteiger partial charge in [-0.15, -0.1) is 0 Å². The Morgan fingerprint density at radius 1 is 0.365 bits per heavy atom. The van der Waals surface area contributed by atoms with Crippen molar-refractivity contribution < 1.29 is 0 Å². The molecule has 0 fully saturated rings. The zero-order chi connectivity index (χ0) is 47.8. The van der Waals surface area contributed by atoms with Crippen LogP contribution in [0.3, 0.4) is 0 Å². The lowest BCUT2D eigenvalue weighted by molar-refractivity contribution is 1.31. The summed E-state index contributed by atoms with van der Waals surface area (Å²) in [5.74, 6) is 0. The van der Waals surface area contributed by atoms with E-state index in [1.54, 1.807) is 48.5 Å². The smallest absolute Gasteiger partial charge is 0.0701 e. The van der Waals surface area contributed by atoms with Gasteiger partial charge < -0.3 is 4.98 Å². The van der Waals surface area contributed by atoms with E-state index in [4.69, 9.17) is 0 Å². The van der Waals surface area contributed by atoms with Gasteiger partial charge >= 0.3 is 0 Å². The number of fused-ring (bicyclic) bond motifs is 2. The van der Waals surface area contributed by atoms with Crippen molar-refractivity contribution in [2.75, 3.05) is 0 Å². The van der Waals surface area contributed by atoms with Crippen LogP contribution in [0.15, 0.2) is 200 Å². The number of nitrogens with one attached hydrogen (secondary N) is 1. The van der Waals surface area contributed by atoms with Crippen molar-refractivity contribution in [2.24, 2.45) is 0 Å². The first kappa shape index (κ1) is 61.1. The van der Waals surface area contributed by atoms with Crippen LogP contribution in [0.2, 0.25) is 0 Å². The van der Waals surface area contributed by atoms with E-state index in [0.717, 1.165) is 5.52 Å². The van der Waals surface area contributed by atoms with Gasteiger partial charge in [0.05, 0.1) is 5.52 Å². The summed E-state index contributed by atoms with van der Waals surface area (Å²) in [5.41, 5.74) is 8.68. The van der Waals surface area contributed by atoms with Gasteiger partial charge in [-0.05, 0) is 109 Å². The van der Waals surface area contributed by atoms with Gasteiger partial charge in [-0.3, -0.25) is 19.9 Å². The van der Waals surface area contributed by atoms with Gasteiger partial charge in [-0.25, -0.2) is 0 Å². The molecule has 63 heavy (non-hydrogen) atoms. The fourth-order valence-corrected chi connectivity index (χ4v) is 5.30. The van der Waals surface area contributed by atoms with Gasteiger partial charge in [0.1, 0.15) is 0 Å². The zero-order valence-electron chi connectivity index (χ0n) is 41.2. The molecule has 1 N–H and O–H groups in total. The number of H-pyrrole nitrogens is 1. The third-order valence-electron chi connectivity index (χ3n) is 7.03. The average molecular weight is 866 g/mol. The summed E-state index contributed by atoms with van der Waals surface area (Å²) in [7, 11) is 0. The van der Waals surface area contributed by atoms with E-state index in [0.29, 0.717) is 0 Å². The summed E-state index contributed by atoms with van der Waals surface area (Å²) in [4.78, 5) is 19.0. The molecule has 9 aromatic rings. The first-order chi connectivity index (χ1) is 31.1. The maximum absolute atomic E-state index is 4.18. The molecule has 0 unspecified atom stereocenters. The Kier molecular flexibility index (Phi) is 45.4. The predicted molar refractivity (Wildman–Crippen MR) is 285 cm³/mol. The molecule has 6 aromatic heterocycles. The summed E-state index contributed by atoms with van der Waals surface area (Å²) in [6, 6.07) is 46.6. The fraction of sp³-hybridized carbons (Fsp3) is 0.263. The van der Waals surface area contributed by atoms with Gasteiger partial charge in [0.15, 0.2) is 0 Å². The second-order valence-corrected chi connectivity index (χ2v) is 12.0. The maximum Gasteiger partial charge on any atom is 0.0701 e. The van der Waals surface area contributed by atoms with E-state index >= 15 is 0 Å². The van der Waals surface area contributed by atoms with Gasteiger partial charge in [0.25, 0.3) is 0 Å². The number of hydrogen-bond acceptors (Lipinski definition) is 5. The zero-order valence-corrected chi connectivity index (χ0v) is 42.1. The lowest BCUT2D eigenvalue weighted by Crippen LogP contribution is -1.78. The molecule has 3 aromatic carbocycles. The molecule has 338 valence electrons. The maximum atomic E-state index is 4.18. The molecule has 0 atom stereocenters. The van der Waals surface area contributed by atoms with Crippen LogP contribution in [-0.2, 0) is 0 Å². The second kappa shape index (κ2) is 46.8. The van der Waals surface area contributed by atoms with Crippen LogP contribution in [-0.4, -0.2) is 24.9 Å². The first-order valence-electron chi connectivity index (χ1n) is 22.6. The average Bonchev–Trinajstić information content (AvgIpc) is 4.14. The number of rotatable bonds is 1. The van der Waals surface area contributed by atoms with E-state index in [1.807, 2.05) is 197 Å². The Morgan fingerprint density at radius 3 is 1.16 bits per heavy atom. The highest BCUT2D eigenvalue weighted by molar-refractivity contribution is 7.07. The SMILES string of the molecule is CC.CC.CC.CC.CC.CC.Cc1cc(C)cc(C)c1.c1cc(-c2ccncc2)ccn1.c1ccc2[nH]ccc2c1.c1ccc2ncccc2c1.c1ccncc1.c1ccsc1. The molecule has 5 nitrogen and oxygen atoms in total. The van der Waals surface area contributed by atoms with Crippen molar-refractivity contribution in [3.05, 3.63) is 217 Å². The number of pyridine rings is 4. The Balaban J connectivity index is -0.000000662. The molecule has 0 saturated heterocycles. The number of benzene rings is 3. The molecule has 0 spiro atoms. The van der Waals surface area contributed by atoms with Crippen molar-refractivity contribution in [1.82, 2.24) is 24.9 Å². The molecule has 0 amide bonds. The summed E-state index contributed by atoms with van der Waals surface area (Å²) in [5, 5.41) is 6.56. The molecule has 0 aliphatic carbocycles. The van der Waals surface area contributed by atoms with Gasteiger partial charge in [0, 0.05) is 60.5 Å². The minimum atomic E-state index is 1.06. The highest BCUT2D eigenvalue weighted by Crippen LogP contribution is 2.16. The van der Waals surface area contributed by atoms with Crippen LogP contribution >= 0.6 is 11.3 Å². The highest BCUT2D eigenvalue weighted by atomic mass is 32.1. The van der Waals surface area contributed by atoms with E-state index < -0.39 is 0 Å². The van der Waals surface area contributed by atoms with Gasteiger partial charge in [-0.2, -0.15) is 11.3 Å². The first-order valence-corrected chi connectivity index (χ1v) is 23.5. The molecular formula is C57H79N5S. The molecule has 6 heteroatoms. The van der Waals surface area contributed by atoms with Crippen LogP contribution in [0.25, 0.3) is 32.9 Å². The summed E-state index contributed by atoms with van der Waals surface area (Å²) in [6.45, 7) is 30.4. The van der Waals surface area contributed by atoms with E-state index in [9.17, 15) is 0 Å².